The molecule has 6 aromatic rings. The van der Waals surface area contributed by atoms with Gasteiger partial charge >= 0.3 is 0 Å². The molecule has 3 heterocycles. The van der Waals surface area contributed by atoms with Gasteiger partial charge in [-0.3, -0.25) is 39.6 Å². The molecule has 1 aliphatic heterocycles. The maximum atomic E-state index is 13.0. The molecular weight excluding hydrogens is 865 g/mol. The first-order valence-corrected chi connectivity index (χ1v) is 23.2. The summed E-state index contributed by atoms with van der Waals surface area (Å²) in [5, 5.41) is 26.3. The van der Waals surface area contributed by atoms with Gasteiger partial charge in [-0.05, 0) is 112 Å². The predicted octanol–water partition coefficient (Wildman–Crippen LogP) is 8.38. The maximum Gasteiger partial charge on any atom is 0.251 e. The number of hydrogen-bond acceptors (Lipinski definition) is 11. The average molecular weight is 925 g/mol. The molecule has 15 nitrogen and oxygen atoms in total. The van der Waals surface area contributed by atoms with E-state index in [-0.39, 0.29) is 18.2 Å². The summed E-state index contributed by atoms with van der Waals surface area (Å²) in [7, 11) is 0. The zero-order valence-electron chi connectivity index (χ0n) is 38.8. The van der Waals surface area contributed by atoms with Crippen LogP contribution in [0, 0.1) is 19.8 Å². The minimum atomic E-state index is -0.794. The molecule has 356 valence electrons. The van der Waals surface area contributed by atoms with Gasteiger partial charge in [0.15, 0.2) is 0 Å². The van der Waals surface area contributed by atoms with Gasteiger partial charge in [0.2, 0.25) is 11.8 Å². The van der Waals surface area contributed by atoms with Crippen LogP contribution in [0.4, 0.5) is 0 Å². The van der Waals surface area contributed by atoms with Crippen molar-refractivity contribution in [3.8, 4) is 11.5 Å². The Balaban J connectivity index is 0.000000201. The summed E-state index contributed by atoms with van der Waals surface area (Å²) >= 11 is 0. The fourth-order valence-corrected chi connectivity index (χ4v) is 9.21. The lowest BCUT2D eigenvalue weighted by Crippen LogP contribution is -2.59. The third-order valence-electron chi connectivity index (χ3n) is 13.0. The van der Waals surface area contributed by atoms with Crippen LogP contribution in [0.25, 0.3) is 21.8 Å². The van der Waals surface area contributed by atoms with E-state index in [9.17, 15) is 19.2 Å². The Kier molecular flexibility index (Phi) is 16.4. The van der Waals surface area contributed by atoms with E-state index in [0.29, 0.717) is 74.7 Å². The number of aryl methyl sites for hydroxylation is 2. The Morgan fingerprint density at radius 1 is 0.632 bits per heavy atom. The van der Waals surface area contributed by atoms with E-state index in [1.807, 2.05) is 74.5 Å². The van der Waals surface area contributed by atoms with Crippen molar-refractivity contribution in [2.24, 2.45) is 5.92 Å². The SMILES string of the molecule is Cc1cc(COc2ccc(C(=O)NC3(C(C)C(=O)NO)CCOCC3)cc2)c2ccccc2n1.Cc1cc(COc2ccc(C(=O)NC3(CC(=O)NO)CCCCCC3)cc2)c2ccccc2n1. The Morgan fingerprint density at radius 2 is 1.10 bits per heavy atom. The first-order chi connectivity index (χ1) is 32.9. The standard InChI is InChI=1S/C27H31N3O4.C26H29N3O5/c1-19-16-21(23-8-4-5-9-24(23)28-19)18-34-22-12-10-20(11-13-22)26(32)29-27(17-25(31)30-33)14-6-2-3-7-15-27;1-17-15-20(22-5-3-4-6-23(22)27-17)16-34-21-9-7-19(8-10-21)25(31)28-26(11-13-33-14-12-26)18(2)24(30)29-32/h4-5,8-13,16,33H,2-3,6-7,14-15,17-18H2,1H3,(H,29,32)(H,30,31);3-10,15,18,32H,11-14,16H2,1-2H3,(H,28,31)(H,29,30). The quantitative estimate of drug-likeness (QED) is 0.0347. The fourth-order valence-electron chi connectivity index (χ4n) is 9.21. The van der Waals surface area contributed by atoms with E-state index in [4.69, 9.17) is 24.6 Å². The summed E-state index contributed by atoms with van der Waals surface area (Å²) in [5.41, 5.74) is 8.77. The van der Waals surface area contributed by atoms with Gasteiger partial charge in [0.25, 0.3) is 11.8 Å². The van der Waals surface area contributed by atoms with Gasteiger partial charge in [-0.1, -0.05) is 69.0 Å². The zero-order valence-corrected chi connectivity index (χ0v) is 38.8. The number of aromatic nitrogens is 2. The second-order valence-electron chi connectivity index (χ2n) is 17.8. The van der Waals surface area contributed by atoms with Gasteiger partial charge in [-0.25, -0.2) is 11.0 Å². The first-order valence-electron chi connectivity index (χ1n) is 23.2. The van der Waals surface area contributed by atoms with E-state index in [2.05, 4.69) is 20.6 Å². The van der Waals surface area contributed by atoms with Crippen molar-refractivity contribution in [3.05, 3.63) is 143 Å². The van der Waals surface area contributed by atoms with E-state index in [1.165, 1.54) is 0 Å². The van der Waals surface area contributed by atoms with Crippen molar-refractivity contribution >= 4 is 45.4 Å². The molecular formula is C53H60N6O9. The van der Waals surface area contributed by atoms with Crippen LogP contribution in [0.3, 0.4) is 0 Å². The van der Waals surface area contributed by atoms with Gasteiger partial charge in [0.05, 0.1) is 28.9 Å². The van der Waals surface area contributed by atoms with Crippen LogP contribution in [0.1, 0.15) is 108 Å². The van der Waals surface area contributed by atoms with Gasteiger partial charge in [-0.2, -0.15) is 0 Å². The van der Waals surface area contributed by atoms with E-state index in [0.717, 1.165) is 70.0 Å². The highest BCUT2D eigenvalue weighted by Gasteiger charge is 2.43. The van der Waals surface area contributed by atoms with Crippen LogP contribution in [0.2, 0.25) is 0 Å². The number of hydrogen-bond donors (Lipinski definition) is 6. The lowest BCUT2D eigenvalue weighted by Gasteiger charge is -2.41. The van der Waals surface area contributed by atoms with E-state index >= 15 is 0 Å². The number of pyridine rings is 2. The third kappa shape index (κ3) is 12.3. The molecule has 4 amide bonds. The molecule has 1 unspecified atom stereocenters. The highest BCUT2D eigenvalue weighted by Crippen LogP contribution is 2.32. The van der Waals surface area contributed by atoms with Crippen LogP contribution >= 0.6 is 0 Å². The molecule has 4 aromatic carbocycles. The van der Waals surface area contributed by atoms with Gasteiger partial charge in [0, 0.05) is 63.2 Å². The number of carbonyl (C=O) groups is 4. The van der Waals surface area contributed by atoms with Gasteiger partial charge < -0.3 is 24.8 Å². The minimum absolute atomic E-state index is 0.0652. The van der Waals surface area contributed by atoms with Crippen LogP contribution < -0.4 is 31.1 Å². The summed E-state index contributed by atoms with van der Waals surface area (Å²) in [6, 6.07) is 33.9. The van der Waals surface area contributed by atoms with Gasteiger partial charge in [-0.15, -0.1) is 0 Å². The number of carbonyl (C=O) groups excluding carboxylic acids is 4. The smallest absolute Gasteiger partial charge is 0.251 e. The topological polar surface area (TPSA) is 210 Å². The van der Waals surface area contributed by atoms with Crippen molar-refractivity contribution in [3.63, 3.8) is 0 Å². The average Bonchev–Trinajstić information content (AvgIpc) is 3.59. The van der Waals surface area contributed by atoms with Crippen LogP contribution in [0.5, 0.6) is 11.5 Å². The first kappa shape index (κ1) is 49.0. The normalized spacial score (nSPS) is 15.7. The largest absolute Gasteiger partial charge is 0.489 e. The third-order valence-corrected chi connectivity index (χ3v) is 13.0. The molecule has 0 bridgehead atoms. The number of amides is 4. The zero-order chi connectivity index (χ0) is 48.1. The number of para-hydroxylation sites is 2. The summed E-state index contributed by atoms with van der Waals surface area (Å²) in [6.07, 6.45) is 6.49. The van der Waals surface area contributed by atoms with Crippen LogP contribution in [0.15, 0.2) is 109 Å². The molecule has 2 fully saturated rings. The van der Waals surface area contributed by atoms with Crippen molar-refractivity contribution in [2.75, 3.05) is 13.2 Å². The Hall–Kier alpha value is -6.94. The Labute approximate surface area is 395 Å². The van der Waals surface area contributed by atoms with E-state index < -0.39 is 28.8 Å². The molecule has 1 saturated carbocycles. The molecule has 15 heteroatoms. The molecule has 0 spiro atoms. The predicted molar refractivity (Wildman–Crippen MR) is 256 cm³/mol. The number of nitrogens with one attached hydrogen (secondary N) is 4. The molecule has 1 atom stereocenters. The second kappa shape index (κ2) is 22.7. The second-order valence-corrected chi connectivity index (χ2v) is 17.8. The number of rotatable bonds is 14. The van der Waals surface area contributed by atoms with E-state index in [1.54, 1.807) is 66.4 Å². The Bertz CT molecular complexity index is 2700. The molecule has 2 aliphatic rings. The maximum absolute atomic E-state index is 13.0. The van der Waals surface area contributed by atoms with Crippen molar-refractivity contribution in [1.29, 1.82) is 0 Å². The highest BCUT2D eigenvalue weighted by molar-refractivity contribution is 5.96. The minimum Gasteiger partial charge on any atom is -0.489 e. The monoisotopic (exact) mass is 924 g/mol. The lowest BCUT2D eigenvalue weighted by atomic mass is 9.78. The van der Waals surface area contributed by atoms with Crippen molar-refractivity contribution in [2.45, 2.75) is 103 Å². The summed E-state index contributed by atoms with van der Waals surface area (Å²) < 4.78 is 17.4. The molecule has 1 aliphatic carbocycles. The summed E-state index contributed by atoms with van der Waals surface area (Å²) in [4.78, 5) is 59.2. The highest BCUT2D eigenvalue weighted by atomic mass is 16.5. The lowest BCUT2D eigenvalue weighted by molar-refractivity contribution is -0.137. The number of nitrogens with zero attached hydrogens (tertiary/aromatic N) is 2. The summed E-state index contributed by atoms with van der Waals surface area (Å²) in [6.45, 7) is 7.26. The molecule has 2 aromatic heterocycles. The molecule has 0 radical (unpaired) electrons. The number of fused-ring (bicyclic) bond motifs is 2. The number of ether oxygens (including phenoxy) is 3. The van der Waals surface area contributed by atoms with Crippen molar-refractivity contribution in [1.82, 2.24) is 31.6 Å². The van der Waals surface area contributed by atoms with Crippen LogP contribution in [-0.4, -0.2) is 68.3 Å². The molecule has 6 N–H and O–H groups in total. The van der Waals surface area contributed by atoms with Crippen LogP contribution in [-0.2, 0) is 27.5 Å². The molecule has 68 heavy (non-hydrogen) atoms. The number of hydroxylamine groups is 2. The number of benzene rings is 4. The summed E-state index contributed by atoms with van der Waals surface area (Å²) in [5.74, 6) is -0.846. The fraction of sp³-hybridized carbons (Fsp3) is 0.358. The molecule has 8 rings (SSSR count). The van der Waals surface area contributed by atoms with Gasteiger partial charge in [0.1, 0.15) is 24.7 Å². The van der Waals surface area contributed by atoms with Crippen molar-refractivity contribution < 1.29 is 43.8 Å². The molecule has 1 saturated heterocycles. The Morgan fingerprint density at radius 3 is 1.57 bits per heavy atom.